The first kappa shape index (κ1) is 18.6. The molecule has 0 bridgehead atoms. The van der Waals surface area contributed by atoms with Crippen LogP contribution in [0.1, 0.15) is 19.3 Å². The average molecular weight is 364 g/mol. The van der Waals surface area contributed by atoms with Crippen molar-refractivity contribution < 1.29 is 18.7 Å². The lowest BCUT2D eigenvalue weighted by Crippen LogP contribution is -2.50. The minimum Gasteiger partial charge on any atom is -0.378 e. The van der Waals surface area contributed by atoms with E-state index >= 15 is 0 Å². The van der Waals surface area contributed by atoms with E-state index in [2.05, 4.69) is 16.0 Å². The highest BCUT2D eigenvalue weighted by molar-refractivity contribution is 5.89. The minimum absolute atomic E-state index is 0.0237. The summed E-state index contributed by atoms with van der Waals surface area (Å²) in [7, 11) is 0. The molecule has 0 spiro atoms. The topological polar surface area (TPSA) is 82.7 Å². The molecule has 7 nitrogen and oxygen atoms in total. The van der Waals surface area contributed by atoms with Crippen LogP contribution in [0.15, 0.2) is 24.3 Å². The average Bonchev–Trinajstić information content (AvgIpc) is 2.65. The summed E-state index contributed by atoms with van der Waals surface area (Å²) >= 11 is 0. The van der Waals surface area contributed by atoms with Gasteiger partial charge < -0.3 is 25.6 Å². The van der Waals surface area contributed by atoms with Crippen LogP contribution in [0.2, 0.25) is 0 Å². The van der Waals surface area contributed by atoms with Crippen LogP contribution in [-0.2, 0) is 9.53 Å². The normalized spacial score (nSPS) is 21.3. The summed E-state index contributed by atoms with van der Waals surface area (Å²) in [5.41, 5.74) is 0.540. The number of halogens is 1. The number of nitrogens with zero attached hydrogens (tertiary/aromatic N) is 1. The Balaban J connectivity index is 1.38. The molecule has 1 aromatic carbocycles. The number of rotatable bonds is 4. The van der Waals surface area contributed by atoms with Crippen molar-refractivity contribution in [1.82, 2.24) is 15.5 Å². The molecule has 0 radical (unpaired) electrons. The van der Waals surface area contributed by atoms with E-state index in [9.17, 15) is 14.0 Å². The number of hydrogen-bond acceptors (Lipinski definition) is 4. The lowest BCUT2D eigenvalue weighted by atomic mass is 10.0. The van der Waals surface area contributed by atoms with E-state index in [-0.39, 0.29) is 29.8 Å². The fraction of sp³-hybridized carbons (Fsp3) is 0.556. The van der Waals surface area contributed by atoms with E-state index in [0.717, 1.165) is 19.4 Å². The van der Waals surface area contributed by atoms with Crippen LogP contribution >= 0.6 is 0 Å². The lowest BCUT2D eigenvalue weighted by Gasteiger charge is -2.34. The zero-order chi connectivity index (χ0) is 18.4. The number of anilines is 1. The summed E-state index contributed by atoms with van der Waals surface area (Å²) in [5, 5.41) is 8.88. The SMILES string of the molecule is O=C(Nc1ccc(F)cc1)NC1CCN(C(=O)CC2COCCN2)CC1. The maximum absolute atomic E-state index is 12.9. The number of piperidine rings is 1. The number of carbonyl (C=O) groups excluding carboxylic acids is 2. The molecule has 2 fully saturated rings. The number of nitrogens with one attached hydrogen (secondary N) is 3. The maximum Gasteiger partial charge on any atom is 0.319 e. The standard InChI is InChI=1S/C18H25FN4O3/c19-13-1-3-14(4-2-13)21-18(25)22-15-5-8-23(9-6-15)17(24)11-16-12-26-10-7-20-16/h1-4,15-16,20H,5-12H2,(H2,21,22,25). The molecule has 0 aromatic heterocycles. The molecule has 3 amide bonds. The third-order valence-electron chi connectivity index (χ3n) is 4.70. The van der Waals surface area contributed by atoms with Gasteiger partial charge in [-0.2, -0.15) is 0 Å². The van der Waals surface area contributed by atoms with Crippen LogP contribution in [-0.4, -0.2) is 61.8 Å². The number of carbonyl (C=O) groups is 2. The van der Waals surface area contributed by atoms with Crippen molar-refractivity contribution in [1.29, 1.82) is 0 Å². The summed E-state index contributed by atoms with van der Waals surface area (Å²) in [6, 6.07) is 5.42. The van der Waals surface area contributed by atoms with Crippen molar-refractivity contribution in [2.75, 3.05) is 38.2 Å². The second kappa shape index (κ2) is 8.95. The summed E-state index contributed by atoms with van der Waals surface area (Å²) in [5.74, 6) is -0.217. The molecule has 26 heavy (non-hydrogen) atoms. The smallest absolute Gasteiger partial charge is 0.319 e. The van der Waals surface area contributed by atoms with Crippen LogP contribution in [0.5, 0.6) is 0 Å². The van der Waals surface area contributed by atoms with Gasteiger partial charge in [0.15, 0.2) is 0 Å². The largest absolute Gasteiger partial charge is 0.378 e. The van der Waals surface area contributed by atoms with Crippen LogP contribution in [0.4, 0.5) is 14.9 Å². The highest BCUT2D eigenvalue weighted by Gasteiger charge is 2.26. The number of likely N-dealkylation sites (tertiary alicyclic amines) is 1. The van der Waals surface area contributed by atoms with Gasteiger partial charge in [0.25, 0.3) is 0 Å². The van der Waals surface area contributed by atoms with E-state index in [4.69, 9.17) is 4.74 Å². The van der Waals surface area contributed by atoms with Crippen LogP contribution in [0.25, 0.3) is 0 Å². The predicted octanol–water partition coefficient (Wildman–Crippen LogP) is 1.32. The minimum atomic E-state index is -0.344. The van der Waals surface area contributed by atoms with Crippen molar-refractivity contribution >= 4 is 17.6 Å². The number of morpholine rings is 1. The van der Waals surface area contributed by atoms with E-state index < -0.39 is 0 Å². The Morgan fingerprint density at radius 1 is 1.23 bits per heavy atom. The Kier molecular flexibility index (Phi) is 6.40. The Hall–Kier alpha value is -2.19. The van der Waals surface area contributed by atoms with Gasteiger partial charge in [-0.25, -0.2) is 9.18 Å². The summed E-state index contributed by atoms with van der Waals surface area (Å²) < 4.78 is 18.3. The second-order valence-electron chi connectivity index (χ2n) is 6.69. The predicted molar refractivity (Wildman–Crippen MR) is 95.4 cm³/mol. The Morgan fingerprint density at radius 3 is 2.62 bits per heavy atom. The number of ether oxygens (including phenoxy) is 1. The highest BCUT2D eigenvalue weighted by Crippen LogP contribution is 2.14. The second-order valence-corrected chi connectivity index (χ2v) is 6.69. The molecule has 2 heterocycles. The summed E-state index contributed by atoms with van der Waals surface area (Å²) in [6.45, 7) is 3.32. The zero-order valence-corrected chi connectivity index (χ0v) is 14.7. The van der Waals surface area contributed by atoms with Crippen molar-refractivity contribution in [3.05, 3.63) is 30.1 Å². The van der Waals surface area contributed by atoms with E-state index in [1.165, 1.54) is 24.3 Å². The lowest BCUT2D eigenvalue weighted by molar-refractivity contribution is -0.133. The molecule has 2 aliphatic rings. The van der Waals surface area contributed by atoms with E-state index in [1.54, 1.807) is 0 Å². The summed E-state index contributed by atoms with van der Waals surface area (Å²) in [4.78, 5) is 26.2. The molecular formula is C18H25FN4O3. The van der Waals surface area contributed by atoms with Crippen molar-refractivity contribution in [3.8, 4) is 0 Å². The monoisotopic (exact) mass is 364 g/mol. The van der Waals surface area contributed by atoms with Crippen molar-refractivity contribution in [2.24, 2.45) is 0 Å². The van der Waals surface area contributed by atoms with Crippen LogP contribution < -0.4 is 16.0 Å². The first-order valence-corrected chi connectivity index (χ1v) is 9.02. The molecule has 2 aliphatic heterocycles. The third kappa shape index (κ3) is 5.40. The van der Waals surface area contributed by atoms with Gasteiger partial charge in [-0.3, -0.25) is 4.79 Å². The quantitative estimate of drug-likeness (QED) is 0.753. The van der Waals surface area contributed by atoms with Gasteiger partial charge in [0, 0.05) is 43.8 Å². The van der Waals surface area contributed by atoms with Crippen molar-refractivity contribution in [2.45, 2.75) is 31.3 Å². The molecule has 3 rings (SSSR count). The molecule has 142 valence electrons. The van der Waals surface area contributed by atoms with E-state index in [0.29, 0.717) is 38.4 Å². The third-order valence-corrected chi connectivity index (χ3v) is 4.70. The highest BCUT2D eigenvalue weighted by atomic mass is 19.1. The zero-order valence-electron chi connectivity index (χ0n) is 14.7. The van der Waals surface area contributed by atoms with Crippen LogP contribution in [0.3, 0.4) is 0 Å². The fourth-order valence-electron chi connectivity index (χ4n) is 3.25. The van der Waals surface area contributed by atoms with Gasteiger partial charge in [-0.05, 0) is 37.1 Å². The number of benzene rings is 1. The molecular weight excluding hydrogens is 339 g/mol. The van der Waals surface area contributed by atoms with Crippen LogP contribution in [0, 0.1) is 5.82 Å². The molecule has 8 heteroatoms. The van der Waals surface area contributed by atoms with Gasteiger partial charge in [0.1, 0.15) is 5.82 Å². The fourth-order valence-corrected chi connectivity index (χ4v) is 3.25. The number of amides is 3. The molecule has 1 aromatic rings. The maximum atomic E-state index is 12.9. The Morgan fingerprint density at radius 2 is 1.96 bits per heavy atom. The van der Waals surface area contributed by atoms with Gasteiger partial charge in [0.05, 0.1) is 13.2 Å². The molecule has 1 atom stereocenters. The van der Waals surface area contributed by atoms with Gasteiger partial charge in [0.2, 0.25) is 5.91 Å². The molecule has 3 N–H and O–H groups in total. The van der Waals surface area contributed by atoms with Crippen molar-refractivity contribution in [3.63, 3.8) is 0 Å². The molecule has 1 unspecified atom stereocenters. The number of urea groups is 1. The first-order chi connectivity index (χ1) is 12.6. The van der Waals surface area contributed by atoms with Gasteiger partial charge >= 0.3 is 6.03 Å². The van der Waals surface area contributed by atoms with Gasteiger partial charge in [-0.15, -0.1) is 0 Å². The molecule has 0 saturated carbocycles. The molecule has 2 saturated heterocycles. The summed E-state index contributed by atoms with van der Waals surface area (Å²) in [6.07, 6.45) is 1.89. The first-order valence-electron chi connectivity index (χ1n) is 9.02. The molecule has 0 aliphatic carbocycles. The van der Waals surface area contributed by atoms with E-state index in [1.807, 2.05) is 4.90 Å². The Labute approximate surface area is 152 Å². The number of hydrogen-bond donors (Lipinski definition) is 3. The Bertz CT molecular complexity index is 611. The van der Waals surface area contributed by atoms with Gasteiger partial charge in [-0.1, -0.05) is 0 Å².